The van der Waals surface area contributed by atoms with E-state index < -0.39 is 0 Å². The Morgan fingerprint density at radius 3 is 2.67 bits per heavy atom. The number of hydrogen-bond acceptors (Lipinski definition) is 2. The van der Waals surface area contributed by atoms with E-state index in [0.29, 0.717) is 6.54 Å². The lowest BCUT2D eigenvalue weighted by Gasteiger charge is -2.11. The summed E-state index contributed by atoms with van der Waals surface area (Å²) >= 11 is 0. The van der Waals surface area contributed by atoms with Crippen LogP contribution < -0.4 is 10.2 Å². The van der Waals surface area contributed by atoms with E-state index in [1.807, 2.05) is 54.7 Å². The molecule has 3 aromatic carbocycles. The minimum Gasteiger partial charge on any atom is -0.493 e. The molecule has 4 nitrogen and oxygen atoms in total. The summed E-state index contributed by atoms with van der Waals surface area (Å²) in [5.41, 5.74) is 6.35. The van der Waals surface area contributed by atoms with Crippen LogP contribution in [0.2, 0.25) is 0 Å². The molecule has 3 heterocycles. The molecule has 0 bridgehead atoms. The fourth-order valence-electron chi connectivity index (χ4n) is 4.47. The molecule has 2 aromatic heterocycles. The van der Waals surface area contributed by atoms with E-state index in [1.165, 1.54) is 11.1 Å². The van der Waals surface area contributed by atoms with E-state index in [4.69, 9.17) is 4.74 Å². The maximum atomic E-state index is 13.3. The normalized spacial score (nSPS) is 12.9. The van der Waals surface area contributed by atoms with Crippen LogP contribution in [0.5, 0.6) is 5.75 Å². The molecule has 0 fully saturated rings. The van der Waals surface area contributed by atoms with E-state index in [-0.39, 0.29) is 5.43 Å². The summed E-state index contributed by atoms with van der Waals surface area (Å²) in [5.74, 6) is 0.961. The summed E-state index contributed by atoms with van der Waals surface area (Å²) in [6, 6.07) is 24.4. The Hall–Kier alpha value is -3.79. The monoisotopic (exact) mass is 392 g/mol. The van der Waals surface area contributed by atoms with Gasteiger partial charge in [-0.3, -0.25) is 4.79 Å². The Morgan fingerprint density at radius 2 is 1.77 bits per heavy atom. The molecule has 5 aromatic rings. The fourth-order valence-corrected chi connectivity index (χ4v) is 4.47. The second kappa shape index (κ2) is 6.63. The van der Waals surface area contributed by atoms with Crippen molar-refractivity contribution >= 4 is 21.8 Å². The average Bonchev–Trinajstić information content (AvgIpc) is 3.38. The number of fused-ring (bicyclic) bond motifs is 3. The Labute approximate surface area is 173 Å². The van der Waals surface area contributed by atoms with Gasteiger partial charge in [0.25, 0.3) is 0 Å². The van der Waals surface area contributed by atoms with Gasteiger partial charge in [0.2, 0.25) is 0 Å². The highest BCUT2D eigenvalue weighted by Gasteiger charge is 2.19. The average molecular weight is 392 g/mol. The first kappa shape index (κ1) is 17.1. The van der Waals surface area contributed by atoms with Gasteiger partial charge < -0.3 is 14.3 Å². The van der Waals surface area contributed by atoms with Crippen LogP contribution in [0.25, 0.3) is 33.1 Å². The van der Waals surface area contributed by atoms with Gasteiger partial charge >= 0.3 is 0 Å². The van der Waals surface area contributed by atoms with E-state index >= 15 is 0 Å². The molecule has 0 saturated carbocycles. The maximum Gasteiger partial charge on any atom is 0.198 e. The third-order valence-corrected chi connectivity index (χ3v) is 5.91. The molecule has 6 rings (SSSR count). The summed E-state index contributed by atoms with van der Waals surface area (Å²) in [4.78, 5) is 16.8. The molecule has 1 aliphatic heterocycles. The van der Waals surface area contributed by atoms with Crippen molar-refractivity contribution in [1.29, 1.82) is 0 Å². The van der Waals surface area contributed by atoms with E-state index in [9.17, 15) is 4.79 Å². The third kappa shape index (κ3) is 2.65. The van der Waals surface area contributed by atoms with Crippen LogP contribution in [0.1, 0.15) is 11.1 Å². The zero-order valence-corrected chi connectivity index (χ0v) is 16.4. The second-order valence-electron chi connectivity index (χ2n) is 7.80. The largest absolute Gasteiger partial charge is 0.493 e. The molecule has 0 atom stereocenters. The first-order valence-electron chi connectivity index (χ1n) is 10.2. The van der Waals surface area contributed by atoms with Gasteiger partial charge in [-0.25, -0.2) is 0 Å². The molecular formula is C26H20N2O2. The molecule has 146 valence electrons. The van der Waals surface area contributed by atoms with Gasteiger partial charge in [0.05, 0.1) is 23.2 Å². The van der Waals surface area contributed by atoms with Gasteiger partial charge in [-0.15, -0.1) is 0 Å². The number of para-hydroxylation sites is 1. The zero-order chi connectivity index (χ0) is 20.1. The van der Waals surface area contributed by atoms with Crippen LogP contribution in [-0.2, 0) is 13.0 Å². The van der Waals surface area contributed by atoms with Crippen LogP contribution in [-0.4, -0.2) is 16.2 Å². The van der Waals surface area contributed by atoms with Crippen molar-refractivity contribution in [3.8, 4) is 17.0 Å². The predicted molar refractivity (Wildman–Crippen MR) is 120 cm³/mol. The molecule has 1 aliphatic rings. The van der Waals surface area contributed by atoms with Crippen molar-refractivity contribution < 1.29 is 4.74 Å². The van der Waals surface area contributed by atoms with Crippen LogP contribution in [0.15, 0.2) is 83.8 Å². The highest BCUT2D eigenvalue weighted by Crippen LogP contribution is 2.34. The molecule has 1 N–H and O–H groups in total. The van der Waals surface area contributed by atoms with Gasteiger partial charge in [0.15, 0.2) is 5.43 Å². The van der Waals surface area contributed by atoms with Crippen LogP contribution >= 0.6 is 0 Å². The van der Waals surface area contributed by atoms with Crippen molar-refractivity contribution in [2.24, 2.45) is 0 Å². The number of nitrogens with zero attached hydrogens (tertiary/aromatic N) is 1. The molecule has 0 amide bonds. The topological polar surface area (TPSA) is 47.0 Å². The SMILES string of the molecule is O=c1c2ccccc2[nH]c2c(-c3ccc4c(c3)CCO4)n(Cc3ccccc3)cc12. The predicted octanol–water partition coefficient (Wildman–Crippen LogP) is 5.13. The summed E-state index contributed by atoms with van der Waals surface area (Å²) in [7, 11) is 0. The summed E-state index contributed by atoms with van der Waals surface area (Å²) < 4.78 is 7.89. The van der Waals surface area contributed by atoms with Crippen LogP contribution in [0.3, 0.4) is 0 Å². The minimum absolute atomic E-state index is 0.0666. The number of ether oxygens (including phenoxy) is 1. The first-order chi connectivity index (χ1) is 14.8. The lowest BCUT2D eigenvalue weighted by Crippen LogP contribution is -2.02. The van der Waals surface area contributed by atoms with Crippen molar-refractivity contribution in [2.75, 3.05) is 6.61 Å². The minimum atomic E-state index is 0.0666. The number of H-pyrrole nitrogens is 1. The number of aromatic amines is 1. The van der Waals surface area contributed by atoms with E-state index in [1.54, 1.807) is 0 Å². The number of nitrogens with one attached hydrogen (secondary N) is 1. The second-order valence-corrected chi connectivity index (χ2v) is 7.80. The van der Waals surface area contributed by atoms with Crippen molar-refractivity contribution in [3.63, 3.8) is 0 Å². The summed E-state index contributed by atoms with van der Waals surface area (Å²) in [5, 5.41) is 1.44. The number of rotatable bonds is 3. The van der Waals surface area contributed by atoms with Gasteiger partial charge in [-0.1, -0.05) is 42.5 Å². The molecule has 0 spiro atoms. The summed E-state index contributed by atoms with van der Waals surface area (Å²) in [6.07, 6.45) is 2.91. The Kier molecular flexibility index (Phi) is 3.78. The number of pyridine rings is 1. The van der Waals surface area contributed by atoms with Crippen molar-refractivity contribution in [2.45, 2.75) is 13.0 Å². The Morgan fingerprint density at radius 1 is 0.933 bits per heavy atom. The van der Waals surface area contributed by atoms with Crippen LogP contribution in [0.4, 0.5) is 0 Å². The van der Waals surface area contributed by atoms with Crippen LogP contribution in [0, 0.1) is 0 Å². The van der Waals surface area contributed by atoms with Crippen molar-refractivity contribution in [1.82, 2.24) is 9.55 Å². The highest BCUT2D eigenvalue weighted by atomic mass is 16.5. The molecular weight excluding hydrogens is 372 g/mol. The Bertz CT molecular complexity index is 1460. The van der Waals surface area contributed by atoms with Gasteiger partial charge in [0, 0.05) is 35.6 Å². The lowest BCUT2D eigenvalue weighted by atomic mass is 10.0. The number of aromatic nitrogens is 2. The molecule has 0 aliphatic carbocycles. The molecule has 0 saturated heterocycles. The molecule has 4 heteroatoms. The summed E-state index contributed by atoms with van der Waals surface area (Å²) in [6.45, 7) is 1.42. The number of hydrogen-bond donors (Lipinski definition) is 1. The first-order valence-corrected chi connectivity index (χ1v) is 10.2. The van der Waals surface area contributed by atoms with E-state index in [0.717, 1.165) is 51.8 Å². The molecule has 0 radical (unpaired) electrons. The van der Waals surface area contributed by atoms with Gasteiger partial charge in [0.1, 0.15) is 5.75 Å². The standard InChI is InChI=1S/C26H20N2O2/c29-26-20-8-4-5-9-22(20)27-24-21(26)16-28(15-17-6-2-1-3-7-17)25(24)19-10-11-23-18(14-19)12-13-30-23/h1-11,14,16,27H,12-13,15H2. The molecule has 0 unspecified atom stereocenters. The molecule has 30 heavy (non-hydrogen) atoms. The van der Waals surface area contributed by atoms with Crippen molar-refractivity contribution in [3.05, 3.63) is 100 Å². The maximum absolute atomic E-state index is 13.3. The van der Waals surface area contributed by atoms with Gasteiger partial charge in [-0.2, -0.15) is 0 Å². The van der Waals surface area contributed by atoms with E-state index in [2.05, 4.69) is 33.8 Å². The Balaban J connectivity index is 1.65. The number of benzene rings is 3. The van der Waals surface area contributed by atoms with Gasteiger partial charge in [-0.05, 0) is 41.5 Å². The third-order valence-electron chi connectivity index (χ3n) is 5.91. The lowest BCUT2D eigenvalue weighted by molar-refractivity contribution is 0.357. The zero-order valence-electron chi connectivity index (χ0n) is 16.4. The fraction of sp³-hybridized carbons (Fsp3) is 0.115. The highest BCUT2D eigenvalue weighted by molar-refractivity contribution is 5.99. The quantitative estimate of drug-likeness (QED) is 0.462. The smallest absolute Gasteiger partial charge is 0.198 e.